The summed E-state index contributed by atoms with van der Waals surface area (Å²) in [6, 6.07) is 1.37. The minimum atomic E-state index is -0.390. The van der Waals surface area contributed by atoms with Gasteiger partial charge in [-0.15, -0.1) is 0 Å². The van der Waals surface area contributed by atoms with Crippen LogP contribution in [0.5, 0.6) is 0 Å². The van der Waals surface area contributed by atoms with Crippen LogP contribution in [0.1, 0.15) is 18.4 Å². The fourth-order valence-electron chi connectivity index (χ4n) is 1.70. The molecule has 0 saturated heterocycles. The molecule has 1 atom stereocenters. The van der Waals surface area contributed by atoms with Crippen LogP contribution in [0.3, 0.4) is 0 Å². The highest BCUT2D eigenvalue weighted by molar-refractivity contribution is 7.98. The molecule has 1 amide bonds. The number of rotatable bonds is 8. The summed E-state index contributed by atoms with van der Waals surface area (Å²) >= 11 is 1.62. The number of hydrogen-bond donors (Lipinski definition) is 2. The van der Waals surface area contributed by atoms with E-state index in [1.54, 1.807) is 18.0 Å². The highest BCUT2D eigenvalue weighted by Crippen LogP contribution is 2.05. The molecule has 106 valence electrons. The molecular formula is C13H19FN2O2S. The van der Waals surface area contributed by atoms with Gasteiger partial charge in [-0.3, -0.25) is 9.78 Å². The lowest BCUT2D eigenvalue weighted by molar-refractivity contribution is -0.121. The van der Waals surface area contributed by atoms with E-state index >= 15 is 0 Å². The van der Waals surface area contributed by atoms with Crippen LogP contribution < -0.4 is 5.32 Å². The Labute approximate surface area is 116 Å². The minimum Gasteiger partial charge on any atom is -0.396 e. The Morgan fingerprint density at radius 2 is 2.37 bits per heavy atom. The van der Waals surface area contributed by atoms with Crippen LogP contribution in [0, 0.1) is 5.82 Å². The zero-order chi connectivity index (χ0) is 14.1. The number of amides is 1. The lowest BCUT2D eigenvalue weighted by Crippen LogP contribution is -2.37. The molecule has 19 heavy (non-hydrogen) atoms. The molecule has 0 radical (unpaired) electrons. The molecule has 0 aliphatic carbocycles. The number of aromatic nitrogens is 1. The van der Waals surface area contributed by atoms with Crippen molar-refractivity contribution >= 4 is 17.7 Å². The zero-order valence-electron chi connectivity index (χ0n) is 10.9. The lowest BCUT2D eigenvalue weighted by atomic mass is 10.1. The van der Waals surface area contributed by atoms with E-state index in [1.165, 1.54) is 6.07 Å². The first kappa shape index (κ1) is 15.9. The smallest absolute Gasteiger partial charge is 0.220 e. The number of carbonyl (C=O) groups is 1. The van der Waals surface area contributed by atoms with E-state index < -0.39 is 5.82 Å². The van der Waals surface area contributed by atoms with Gasteiger partial charge in [-0.25, -0.2) is 4.39 Å². The lowest BCUT2D eigenvalue weighted by Gasteiger charge is -2.16. The molecule has 1 heterocycles. The Morgan fingerprint density at radius 1 is 1.58 bits per heavy atom. The van der Waals surface area contributed by atoms with Crippen LogP contribution >= 0.6 is 11.8 Å². The molecule has 0 aliphatic heterocycles. The first-order chi connectivity index (χ1) is 9.15. The van der Waals surface area contributed by atoms with Crippen molar-refractivity contribution in [3.8, 4) is 0 Å². The van der Waals surface area contributed by atoms with Crippen molar-refractivity contribution in [2.24, 2.45) is 0 Å². The average Bonchev–Trinajstić information content (AvgIpc) is 2.37. The quantitative estimate of drug-likeness (QED) is 0.758. The summed E-state index contributed by atoms with van der Waals surface area (Å²) in [5.41, 5.74) is 0.707. The normalized spacial score (nSPS) is 12.2. The molecule has 4 nitrogen and oxygen atoms in total. The number of halogens is 1. The second kappa shape index (κ2) is 8.87. The van der Waals surface area contributed by atoms with Crippen molar-refractivity contribution in [2.45, 2.75) is 25.3 Å². The molecule has 0 bridgehead atoms. The molecule has 0 saturated carbocycles. The Kier molecular flexibility index (Phi) is 7.43. The molecular weight excluding hydrogens is 267 g/mol. The number of hydrogen-bond acceptors (Lipinski definition) is 4. The van der Waals surface area contributed by atoms with E-state index in [0.717, 1.165) is 11.9 Å². The Balaban J connectivity index is 2.37. The molecule has 0 fully saturated rings. The van der Waals surface area contributed by atoms with Crippen molar-refractivity contribution < 1.29 is 14.3 Å². The summed E-state index contributed by atoms with van der Waals surface area (Å²) in [6.45, 7) is 0.0549. The van der Waals surface area contributed by atoms with Crippen LogP contribution in [0.25, 0.3) is 0 Å². The summed E-state index contributed by atoms with van der Waals surface area (Å²) in [5, 5.41) is 11.8. The van der Waals surface area contributed by atoms with Crippen molar-refractivity contribution in [2.75, 3.05) is 18.6 Å². The van der Waals surface area contributed by atoms with Gasteiger partial charge in [0.2, 0.25) is 5.91 Å². The van der Waals surface area contributed by atoms with Crippen molar-refractivity contribution in [1.82, 2.24) is 10.3 Å². The maximum absolute atomic E-state index is 12.9. The average molecular weight is 286 g/mol. The maximum Gasteiger partial charge on any atom is 0.220 e. The Morgan fingerprint density at radius 3 is 3.00 bits per heavy atom. The molecule has 6 heteroatoms. The zero-order valence-corrected chi connectivity index (χ0v) is 11.8. The monoisotopic (exact) mass is 286 g/mol. The van der Waals surface area contributed by atoms with Gasteiger partial charge in [0.05, 0.1) is 6.20 Å². The number of aliphatic hydroxyl groups excluding tert-OH is 1. The van der Waals surface area contributed by atoms with E-state index in [0.29, 0.717) is 24.8 Å². The van der Waals surface area contributed by atoms with Gasteiger partial charge in [0, 0.05) is 31.0 Å². The highest BCUT2D eigenvalue weighted by atomic mass is 32.2. The number of pyridine rings is 1. The van der Waals surface area contributed by atoms with E-state index in [4.69, 9.17) is 5.11 Å². The van der Waals surface area contributed by atoms with Crippen LogP contribution in [0.15, 0.2) is 18.5 Å². The fraction of sp³-hybridized carbons (Fsp3) is 0.538. The third kappa shape index (κ3) is 6.54. The SMILES string of the molecule is CSCC(CCO)NC(=O)CCc1cncc(F)c1. The molecule has 1 aromatic rings. The van der Waals surface area contributed by atoms with Gasteiger partial charge < -0.3 is 10.4 Å². The summed E-state index contributed by atoms with van der Waals surface area (Å²) in [7, 11) is 0. The number of carbonyl (C=O) groups excluding carboxylic acids is 1. The van der Waals surface area contributed by atoms with Gasteiger partial charge in [-0.2, -0.15) is 11.8 Å². The van der Waals surface area contributed by atoms with E-state index in [2.05, 4.69) is 10.3 Å². The summed E-state index contributed by atoms with van der Waals surface area (Å²) < 4.78 is 12.9. The van der Waals surface area contributed by atoms with Crippen LogP contribution in [-0.2, 0) is 11.2 Å². The minimum absolute atomic E-state index is 0.0156. The number of nitrogens with one attached hydrogen (secondary N) is 1. The second-order valence-electron chi connectivity index (χ2n) is 4.24. The summed E-state index contributed by atoms with van der Waals surface area (Å²) in [4.78, 5) is 15.5. The van der Waals surface area contributed by atoms with E-state index in [-0.39, 0.29) is 18.6 Å². The molecule has 0 spiro atoms. The molecule has 0 aliphatic rings. The van der Waals surface area contributed by atoms with Gasteiger partial charge in [-0.1, -0.05) is 0 Å². The van der Waals surface area contributed by atoms with E-state index in [9.17, 15) is 9.18 Å². The van der Waals surface area contributed by atoms with Crippen LogP contribution in [0.2, 0.25) is 0 Å². The van der Waals surface area contributed by atoms with Crippen LogP contribution in [0.4, 0.5) is 4.39 Å². The largest absolute Gasteiger partial charge is 0.396 e. The molecule has 0 aromatic carbocycles. The third-order valence-electron chi connectivity index (χ3n) is 2.61. The number of nitrogens with zero attached hydrogens (tertiary/aromatic N) is 1. The van der Waals surface area contributed by atoms with Crippen LogP contribution in [-0.4, -0.2) is 40.7 Å². The number of aryl methyl sites for hydroxylation is 1. The fourth-order valence-corrected chi connectivity index (χ4v) is 2.36. The highest BCUT2D eigenvalue weighted by Gasteiger charge is 2.11. The molecule has 1 aromatic heterocycles. The summed E-state index contributed by atoms with van der Waals surface area (Å²) in [6.07, 6.45) is 5.95. The molecule has 1 unspecified atom stereocenters. The molecule has 2 N–H and O–H groups in total. The first-order valence-corrected chi connectivity index (χ1v) is 7.53. The first-order valence-electron chi connectivity index (χ1n) is 6.14. The van der Waals surface area contributed by atoms with Gasteiger partial charge >= 0.3 is 0 Å². The molecule has 1 rings (SSSR count). The standard InChI is InChI=1S/C13H19FN2O2S/c1-19-9-12(4-5-17)16-13(18)3-2-10-6-11(14)8-15-7-10/h6-8,12,17H,2-5,9H2,1H3,(H,16,18). The van der Waals surface area contributed by atoms with Gasteiger partial charge in [-0.05, 0) is 30.7 Å². The van der Waals surface area contributed by atoms with Crippen molar-refractivity contribution in [3.05, 3.63) is 29.8 Å². The predicted molar refractivity (Wildman–Crippen MR) is 74.5 cm³/mol. The third-order valence-corrected chi connectivity index (χ3v) is 3.35. The maximum atomic E-state index is 12.9. The van der Waals surface area contributed by atoms with E-state index in [1.807, 2.05) is 6.26 Å². The number of thioether (sulfide) groups is 1. The van der Waals surface area contributed by atoms with Crippen molar-refractivity contribution in [1.29, 1.82) is 0 Å². The number of aliphatic hydroxyl groups is 1. The van der Waals surface area contributed by atoms with Gasteiger partial charge in [0.1, 0.15) is 5.82 Å². The van der Waals surface area contributed by atoms with Gasteiger partial charge in [0.25, 0.3) is 0 Å². The van der Waals surface area contributed by atoms with Gasteiger partial charge in [0.15, 0.2) is 0 Å². The topological polar surface area (TPSA) is 62.2 Å². The Bertz CT molecular complexity index is 398. The van der Waals surface area contributed by atoms with Crippen molar-refractivity contribution in [3.63, 3.8) is 0 Å². The Hall–Kier alpha value is -1.14. The predicted octanol–water partition coefficient (Wildman–Crippen LogP) is 1.38. The second-order valence-corrected chi connectivity index (χ2v) is 5.15. The summed E-state index contributed by atoms with van der Waals surface area (Å²) in [5.74, 6) is 0.295.